The van der Waals surface area contributed by atoms with Crippen molar-refractivity contribution in [2.24, 2.45) is 5.41 Å². The second-order valence-corrected chi connectivity index (χ2v) is 4.69. The highest BCUT2D eigenvalue weighted by Gasteiger charge is 2.47. The van der Waals surface area contributed by atoms with Gasteiger partial charge in [-0.05, 0) is 13.0 Å². The van der Waals surface area contributed by atoms with E-state index in [0.29, 0.717) is 0 Å². The van der Waals surface area contributed by atoms with Crippen molar-refractivity contribution in [1.82, 2.24) is 10.3 Å². The Morgan fingerprint density at radius 1 is 1.53 bits per heavy atom. The number of pyridine rings is 1. The van der Waals surface area contributed by atoms with Gasteiger partial charge in [-0.2, -0.15) is 0 Å². The maximum absolute atomic E-state index is 11.9. The van der Waals surface area contributed by atoms with Crippen LogP contribution < -0.4 is 10.9 Å². The molecule has 1 aliphatic heterocycles. The van der Waals surface area contributed by atoms with E-state index in [-0.39, 0.29) is 18.9 Å². The number of carboxylic acids is 1. The lowest BCUT2D eigenvalue weighted by atomic mass is 9.85. The van der Waals surface area contributed by atoms with Gasteiger partial charge in [0.2, 0.25) is 5.56 Å². The predicted octanol–water partition coefficient (Wildman–Crippen LogP) is -0.406. The molecule has 3 N–H and O–H groups in total. The summed E-state index contributed by atoms with van der Waals surface area (Å²) in [5.41, 5.74) is -1.46. The Hall–Kier alpha value is -2.15. The third-order valence-corrected chi connectivity index (χ3v) is 3.26. The fourth-order valence-electron chi connectivity index (χ4n) is 1.90. The molecule has 1 aromatic rings. The molecule has 0 spiro atoms. The molecule has 0 radical (unpaired) electrons. The van der Waals surface area contributed by atoms with Crippen molar-refractivity contribution in [2.45, 2.75) is 13.0 Å². The lowest BCUT2D eigenvalue weighted by molar-refractivity contribution is -0.148. The number of aromatic nitrogens is 1. The van der Waals surface area contributed by atoms with Crippen LogP contribution in [0.4, 0.5) is 0 Å². The fraction of sp³-hybridized carbons (Fsp3) is 0.417. The van der Waals surface area contributed by atoms with Gasteiger partial charge in [0.1, 0.15) is 11.1 Å². The highest BCUT2D eigenvalue weighted by molar-refractivity contribution is 5.93. The minimum Gasteiger partial charge on any atom is -0.481 e. The quantitative estimate of drug-likeness (QED) is 0.689. The van der Waals surface area contributed by atoms with Gasteiger partial charge in [0, 0.05) is 6.07 Å². The second-order valence-electron chi connectivity index (χ2n) is 4.69. The number of rotatable bonds is 3. The SMILES string of the molecule is CC1(C(=O)O)COCC1NC(=O)c1cccc(=O)[nH]1. The van der Waals surface area contributed by atoms with E-state index in [1.807, 2.05) is 0 Å². The lowest BCUT2D eigenvalue weighted by Gasteiger charge is -2.25. The zero-order chi connectivity index (χ0) is 14.0. The summed E-state index contributed by atoms with van der Waals surface area (Å²) in [6.07, 6.45) is 0. The maximum atomic E-state index is 11.9. The van der Waals surface area contributed by atoms with Crippen LogP contribution in [0.2, 0.25) is 0 Å². The number of ether oxygens (including phenoxy) is 1. The summed E-state index contributed by atoms with van der Waals surface area (Å²) in [6, 6.07) is 3.55. The van der Waals surface area contributed by atoms with Gasteiger partial charge in [-0.15, -0.1) is 0 Å². The van der Waals surface area contributed by atoms with Crippen LogP contribution >= 0.6 is 0 Å². The first-order valence-corrected chi connectivity index (χ1v) is 5.75. The highest BCUT2D eigenvalue weighted by Crippen LogP contribution is 2.28. The molecule has 19 heavy (non-hydrogen) atoms. The first kappa shape index (κ1) is 13.3. The summed E-state index contributed by atoms with van der Waals surface area (Å²) in [5, 5.41) is 11.8. The Morgan fingerprint density at radius 3 is 2.89 bits per heavy atom. The summed E-state index contributed by atoms with van der Waals surface area (Å²) < 4.78 is 5.13. The largest absolute Gasteiger partial charge is 0.481 e. The molecule has 102 valence electrons. The minimum absolute atomic E-state index is 0.0403. The van der Waals surface area contributed by atoms with Crippen LogP contribution in [0.25, 0.3) is 0 Å². The first-order chi connectivity index (χ1) is 8.93. The lowest BCUT2D eigenvalue weighted by Crippen LogP contribution is -2.50. The van der Waals surface area contributed by atoms with E-state index < -0.39 is 28.9 Å². The topological polar surface area (TPSA) is 108 Å². The van der Waals surface area contributed by atoms with Gasteiger partial charge in [0.05, 0.1) is 19.3 Å². The van der Waals surface area contributed by atoms with Crippen molar-refractivity contribution in [3.63, 3.8) is 0 Å². The van der Waals surface area contributed by atoms with Crippen molar-refractivity contribution in [2.75, 3.05) is 13.2 Å². The number of hydrogen-bond donors (Lipinski definition) is 3. The summed E-state index contributed by atoms with van der Waals surface area (Å²) in [5.74, 6) is -1.56. The van der Waals surface area contributed by atoms with E-state index in [1.54, 1.807) is 0 Å². The molecular weight excluding hydrogens is 252 g/mol. The molecule has 2 heterocycles. The highest BCUT2D eigenvalue weighted by atomic mass is 16.5. The molecule has 1 amide bonds. The zero-order valence-corrected chi connectivity index (χ0v) is 10.3. The molecule has 1 fully saturated rings. The molecule has 2 atom stereocenters. The number of aliphatic carboxylic acids is 1. The van der Waals surface area contributed by atoms with E-state index in [2.05, 4.69) is 10.3 Å². The Bertz CT molecular complexity index is 567. The molecule has 1 aliphatic rings. The average Bonchev–Trinajstić information content (AvgIpc) is 2.72. The van der Waals surface area contributed by atoms with Gasteiger partial charge >= 0.3 is 5.97 Å². The van der Waals surface area contributed by atoms with Crippen molar-refractivity contribution in [3.05, 3.63) is 34.2 Å². The summed E-state index contributed by atoms with van der Waals surface area (Å²) in [4.78, 5) is 36.6. The molecule has 0 bridgehead atoms. The Labute approximate surface area is 108 Å². The smallest absolute Gasteiger partial charge is 0.313 e. The number of carbonyl (C=O) groups excluding carboxylic acids is 1. The standard InChI is InChI=1S/C12H14N2O5/c1-12(11(17)18)6-19-5-8(12)14-10(16)7-3-2-4-9(15)13-7/h2-4,8H,5-6H2,1H3,(H,13,15)(H,14,16)(H,17,18). The summed E-state index contributed by atoms with van der Waals surface area (Å²) >= 11 is 0. The average molecular weight is 266 g/mol. The van der Waals surface area contributed by atoms with Gasteiger partial charge in [-0.1, -0.05) is 6.07 Å². The van der Waals surface area contributed by atoms with Crippen LogP contribution in [0.3, 0.4) is 0 Å². The van der Waals surface area contributed by atoms with Gasteiger partial charge in [-0.3, -0.25) is 14.4 Å². The Morgan fingerprint density at radius 2 is 2.26 bits per heavy atom. The minimum atomic E-state index is -1.16. The van der Waals surface area contributed by atoms with Crippen LogP contribution in [-0.4, -0.2) is 41.2 Å². The number of carboxylic acid groups (broad SMARTS) is 1. The molecule has 7 heteroatoms. The second kappa shape index (κ2) is 4.85. The Kier molecular flexibility index (Phi) is 3.39. The molecule has 2 unspecified atom stereocenters. The summed E-state index contributed by atoms with van der Waals surface area (Å²) in [7, 11) is 0. The van der Waals surface area contributed by atoms with Crippen molar-refractivity contribution in [3.8, 4) is 0 Å². The maximum Gasteiger partial charge on any atom is 0.313 e. The first-order valence-electron chi connectivity index (χ1n) is 5.75. The van der Waals surface area contributed by atoms with Crippen molar-refractivity contribution in [1.29, 1.82) is 0 Å². The van der Waals surface area contributed by atoms with Crippen molar-refractivity contribution < 1.29 is 19.4 Å². The number of carbonyl (C=O) groups is 2. The molecule has 1 aromatic heterocycles. The molecule has 0 aliphatic carbocycles. The van der Waals surface area contributed by atoms with Crippen LogP contribution in [0.5, 0.6) is 0 Å². The van der Waals surface area contributed by atoms with E-state index in [9.17, 15) is 19.5 Å². The monoisotopic (exact) mass is 266 g/mol. The van der Waals surface area contributed by atoms with E-state index >= 15 is 0 Å². The van der Waals surface area contributed by atoms with Gasteiger partial charge in [-0.25, -0.2) is 0 Å². The molecule has 1 saturated heterocycles. The third kappa shape index (κ3) is 2.50. The van der Waals surface area contributed by atoms with Crippen LogP contribution in [0, 0.1) is 5.41 Å². The number of amides is 1. The molecular formula is C12H14N2O5. The molecule has 7 nitrogen and oxygen atoms in total. The number of hydrogen-bond acceptors (Lipinski definition) is 4. The van der Waals surface area contributed by atoms with Crippen LogP contribution in [0.15, 0.2) is 23.0 Å². The number of H-pyrrole nitrogens is 1. The fourth-order valence-corrected chi connectivity index (χ4v) is 1.90. The zero-order valence-electron chi connectivity index (χ0n) is 10.3. The number of nitrogens with one attached hydrogen (secondary N) is 2. The van der Waals surface area contributed by atoms with Gasteiger partial charge < -0.3 is 20.1 Å². The van der Waals surface area contributed by atoms with E-state index in [4.69, 9.17) is 4.74 Å². The Balaban J connectivity index is 2.15. The molecule has 0 saturated carbocycles. The van der Waals surface area contributed by atoms with E-state index in [0.717, 1.165) is 0 Å². The van der Waals surface area contributed by atoms with Crippen LogP contribution in [-0.2, 0) is 9.53 Å². The van der Waals surface area contributed by atoms with E-state index in [1.165, 1.54) is 25.1 Å². The van der Waals surface area contributed by atoms with Gasteiger partial charge in [0.15, 0.2) is 0 Å². The normalized spacial score (nSPS) is 26.1. The van der Waals surface area contributed by atoms with Gasteiger partial charge in [0.25, 0.3) is 5.91 Å². The molecule has 0 aromatic carbocycles. The number of aromatic amines is 1. The predicted molar refractivity (Wildman–Crippen MR) is 64.9 cm³/mol. The summed E-state index contributed by atoms with van der Waals surface area (Å²) in [6.45, 7) is 1.69. The third-order valence-electron chi connectivity index (χ3n) is 3.26. The van der Waals surface area contributed by atoms with Crippen molar-refractivity contribution >= 4 is 11.9 Å². The molecule has 2 rings (SSSR count). The van der Waals surface area contributed by atoms with Crippen LogP contribution in [0.1, 0.15) is 17.4 Å².